The van der Waals surface area contributed by atoms with Crippen LogP contribution in [0.3, 0.4) is 0 Å². The minimum atomic E-state index is 0.507. The molecular formula is C13H19O. The Hall–Kier alpha value is -0.820. The molecule has 1 aromatic carbocycles. The zero-order valence-corrected chi connectivity index (χ0v) is 9.41. The summed E-state index contributed by atoms with van der Waals surface area (Å²) in [5, 5.41) is 9.03. The predicted molar refractivity (Wildman–Crippen MR) is 60.0 cm³/mol. The van der Waals surface area contributed by atoms with Crippen LogP contribution < -0.4 is 0 Å². The van der Waals surface area contributed by atoms with Crippen LogP contribution in [0, 0.1) is 6.61 Å². The summed E-state index contributed by atoms with van der Waals surface area (Å²) < 4.78 is 0. The normalized spacial score (nSPS) is 11.4. The quantitative estimate of drug-likeness (QED) is 0.770. The average molecular weight is 191 g/mol. The Morgan fingerprint density at radius 1 is 0.929 bits per heavy atom. The SMILES string of the molecule is CC(C)c1cc([CH]O)cc(C(C)C)c1. The highest BCUT2D eigenvalue weighted by molar-refractivity contribution is 5.35. The Morgan fingerprint density at radius 3 is 1.64 bits per heavy atom. The van der Waals surface area contributed by atoms with E-state index in [1.807, 2.05) is 12.1 Å². The summed E-state index contributed by atoms with van der Waals surface area (Å²) in [7, 11) is 0. The number of aliphatic hydroxyl groups excluding tert-OH is 1. The number of aliphatic hydroxyl groups is 1. The lowest BCUT2D eigenvalue weighted by Gasteiger charge is -2.13. The highest BCUT2D eigenvalue weighted by atomic mass is 16.3. The molecule has 0 heterocycles. The lowest BCUT2D eigenvalue weighted by molar-refractivity contribution is 0.414. The summed E-state index contributed by atoms with van der Waals surface area (Å²) in [5.41, 5.74) is 3.48. The van der Waals surface area contributed by atoms with E-state index in [1.165, 1.54) is 17.7 Å². The molecule has 14 heavy (non-hydrogen) atoms. The third kappa shape index (κ3) is 2.58. The fourth-order valence-electron chi connectivity index (χ4n) is 1.44. The molecule has 0 aromatic heterocycles. The van der Waals surface area contributed by atoms with Gasteiger partial charge in [-0.25, -0.2) is 0 Å². The summed E-state index contributed by atoms with van der Waals surface area (Å²) in [6.07, 6.45) is 0. The molecule has 0 bridgehead atoms. The van der Waals surface area contributed by atoms with Gasteiger partial charge in [0.1, 0.15) is 6.61 Å². The maximum Gasteiger partial charge on any atom is 0.109 e. The monoisotopic (exact) mass is 191 g/mol. The molecule has 0 saturated heterocycles. The molecule has 1 heteroatoms. The van der Waals surface area contributed by atoms with Gasteiger partial charge in [0.25, 0.3) is 0 Å². The molecule has 0 spiro atoms. The second kappa shape index (κ2) is 4.61. The number of hydrogen-bond acceptors (Lipinski definition) is 1. The van der Waals surface area contributed by atoms with Crippen molar-refractivity contribution in [3.63, 3.8) is 0 Å². The average Bonchev–Trinajstić information content (AvgIpc) is 2.16. The number of rotatable bonds is 3. The summed E-state index contributed by atoms with van der Waals surface area (Å²) in [4.78, 5) is 0. The van der Waals surface area contributed by atoms with Gasteiger partial charge >= 0.3 is 0 Å². The van der Waals surface area contributed by atoms with E-state index in [-0.39, 0.29) is 0 Å². The van der Waals surface area contributed by atoms with Gasteiger partial charge in [-0.2, -0.15) is 0 Å². The van der Waals surface area contributed by atoms with Crippen LogP contribution in [0.2, 0.25) is 0 Å². The second-order valence-electron chi connectivity index (χ2n) is 4.37. The van der Waals surface area contributed by atoms with Gasteiger partial charge in [0.2, 0.25) is 0 Å². The van der Waals surface area contributed by atoms with Crippen molar-refractivity contribution in [1.29, 1.82) is 0 Å². The summed E-state index contributed by atoms with van der Waals surface area (Å²) in [6, 6.07) is 6.30. The molecule has 1 radical (unpaired) electrons. The van der Waals surface area contributed by atoms with E-state index in [2.05, 4.69) is 33.8 Å². The fraction of sp³-hybridized carbons (Fsp3) is 0.462. The first-order valence-electron chi connectivity index (χ1n) is 5.17. The molecular weight excluding hydrogens is 172 g/mol. The van der Waals surface area contributed by atoms with Gasteiger partial charge in [0.05, 0.1) is 0 Å². The van der Waals surface area contributed by atoms with Gasteiger partial charge in [-0.3, -0.25) is 0 Å². The van der Waals surface area contributed by atoms with Gasteiger partial charge < -0.3 is 5.11 Å². The largest absolute Gasteiger partial charge is 0.385 e. The lowest BCUT2D eigenvalue weighted by Crippen LogP contribution is -1.96. The molecule has 0 aliphatic carbocycles. The van der Waals surface area contributed by atoms with Crippen molar-refractivity contribution in [2.45, 2.75) is 39.5 Å². The number of benzene rings is 1. The predicted octanol–water partition coefficient (Wildman–Crippen LogP) is 3.82. The van der Waals surface area contributed by atoms with Crippen molar-refractivity contribution in [1.82, 2.24) is 0 Å². The van der Waals surface area contributed by atoms with Crippen LogP contribution >= 0.6 is 0 Å². The Kier molecular flexibility index (Phi) is 3.70. The first kappa shape index (κ1) is 11.3. The van der Waals surface area contributed by atoms with Gasteiger partial charge in [-0.05, 0) is 28.5 Å². The van der Waals surface area contributed by atoms with E-state index in [9.17, 15) is 0 Å². The highest BCUT2D eigenvalue weighted by Crippen LogP contribution is 2.23. The molecule has 1 nitrogen and oxygen atoms in total. The fourth-order valence-corrected chi connectivity index (χ4v) is 1.44. The van der Waals surface area contributed by atoms with Crippen LogP contribution in [-0.4, -0.2) is 5.11 Å². The summed E-state index contributed by atoms with van der Waals surface area (Å²) in [5.74, 6) is 1.01. The zero-order chi connectivity index (χ0) is 10.7. The maximum absolute atomic E-state index is 9.03. The number of hydrogen-bond donors (Lipinski definition) is 1. The van der Waals surface area contributed by atoms with Crippen molar-refractivity contribution in [3.05, 3.63) is 41.5 Å². The van der Waals surface area contributed by atoms with E-state index in [0.717, 1.165) is 5.56 Å². The van der Waals surface area contributed by atoms with Crippen LogP contribution in [0.25, 0.3) is 0 Å². The van der Waals surface area contributed by atoms with E-state index in [0.29, 0.717) is 11.8 Å². The van der Waals surface area contributed by atoms with Crippen LogP contribution in [0.5, 0.6) is 0 Å². The van der Waals surface area contributed by atoms with Crippen molar-refractivity contribution >= 4 is 0 Å². The molecule has 0 saturated carbocycles. The Bertz CT molecular complexity index is 274. The second-order valence-corrected chi connectivity index (χ2v) is 4.37. The van der Waals surface area contributed by atoms with Crippen molar-refractivity contribution < 1.29 is 5.11 Å². The Labute approximate surface area is 86.8 Å². The van der Waals surface area contributed by atoms with Crippen LogP contribution in [0.1, 0.15) is 56.2 Å². The molecule has 0 amide bonds. The third-order valence-corrected chi connectivity index (χ3v) is 2.48. The van der Waals surface area contributed by atoms with E-state index in [4.69, 9.17) is 5.11 Å². The van der Waals surface area contributed by atoms with Crippen molar-refractivity contribution in [2.75, 3.05) is 0 Å². The summed E-state index contributed by atoms with van der Waals surface area (Å²) >= 11 is 0. The molecule has 1 N–H and O–H groups in total. The molecule has 0 aliphatic rings. The molecule has 1 rings (SSSR count). The van der Waals surface area contributed by atoms with Crippen LogP contribution in [0.15, 0.2) is 18.2 Å². The maximum atomic E-state index is 9.03. The van der Waals surface area contributed by atoms with Crippen LogP contribution in [-0.2, 0) is 0 Å². The van der Waals surface area contributed by atoms with Crippen molar-refractivity contribution in [3.8, 4) is 0 Å². The van der Waals surface area contributed by atoms with Gasteiger partial charge in [0.15, 0.2) is 0 Å². The third-order valence-electron chi connectivity index (χ3n) is 2.48. The minimum absolute atomic E-state index is 0.507. The van der Waals surface area contributed by atoms with E-state index < -0.39 is 0 Å². The highest BCUT2D eigenvalue weighted by Gasteiger charge is 2.06. The standard InChI is InChI=1S/C13H19O/c1-9(2)12-5-11(8-14)6-13(7-12)10(3)4/h5-10,14H,1-4H3. The van der Waals surface area contributed by atoms with Gasteiger partial charge in [-0.15, -0.1) is 0 Å². The Balaban J connectivity index is 3.13. The molecule has 1 aromatic rings. The van der Waals surface area contributed by atoms with E-state index >= 15 is 0 Å². The van der Waals surface area contributed by atoms with Crippen LogP contribution in [0.4, 0.5) is 0 Å². The minimum Gasteiger partial charge on any atom is -0.385 e. The van der Waals surface area contributed by atoms with Gasteiger partial charge in [0, 0.05) is 0 Å². The first-order chi connectivity index (χ1) is 6.54. The van der Waals surface area contributed by atoms with Crippen molar-refractivity contribution in [2.24, 2.45) is 0 Å². The summed E-state index contributed by atoms with van der Waals surface area (Å²) in [6.45, 7) is 9.85. The molecule has 0 unspecified atom stereocenters. The zero-order valence-electron chi connectivity index (χ0n) is 9.41. The molecule has 0 fully saturated rings. The molecule has 77 valence electrons. The smallest absolute Gasteiger partial charge is 0.109 e. The Morgan fingerprint density at radius 2 is 1.36 bits per heavy atom. The molecule has 0 aliphatic heterocycles. The van der Waals surface area contributed by atoms with Gasteiger partial charge in [-0.1, -0.05) is 45.9 Å². The molecule has 0 atom stereocenters. The lowest BCUT2D eigenvalue weighted by atomic mass is 9.93. The first-order valence-corrected chi connectivity index (χ1v) is 5.17. The topological polar surface area (TPSA) is 20.2 Å². The van der Waals surface area contributed by atoms with E-state index in [1.54, 1.807) is 0 Å².